The molecule has 2 unspecified atom stereocenters. The molecule has 1 aliphatic rings. The first-order valence-electron chi connectivity index (χ1n) is 10.3. The fourth-order valence-electron chi connectivity index (χ4n) is 4.17. The number of nitrogens with zero attached hydrogens (tertiary/aromatic N) is 1. The van der Waals surface area contributed by atoms with E-state index >= 15 is 0 Å². The highest BCUT2D eigenvalue weighted by atomic mass is 35.5. The molecule has 4 rings (SSSR count). The van der Waals surface area contributed by atoms with Crippen molar-refractivity contribution in [2.24, 2.45) is 0 Å². The summed E-state index contributed by atoms with van der Waals surface area (Å²) in [7, 11) is -2.92. The minimum atomic E-state index is -4.11. The predicted octanol–water partition coefficient (Wildman–Crippen LogP) is 4.48. The zero-order valence-corrected chi connectivity index (χ0v) is 20.3. The van der Waals surface area contributed by atoms with Gasteiger partial charge in [0.15, 0.2) is 0 Å². The number of halogens is 1. The zero-order chi connectivity index (χ0) is 23.8. The number of nitrogens with one attached hydrogen (secondary N) is 2. The molecule has 1 aromatic heterocycles. The lowest BCUT2D eigenvalue weighted by atomic mass is 9.88. The molecular formula is C22H22ClN3O5S2. The van der Waals surface area contributed by atoms with Crippen LogP contribution in [0.5, 0.6) is 0 Å². The van der Waals surface area contributed by atoms with Crippen molar-refractivity contribution >= 4 is 39.8 Å². The maximum absolute atomic E-state index is 13.4. The smallest absolute Gasteiger partial charge is 0.339 e. The lowest BCUT2D eigenvalue weighted by Crippen LogP contribution is -2.32. The van der Waals surface area contributed by atoms with Crippen molar-refractivity contribution in [2.75, 3.05) is 7.11 Å². The first-order chi connectivity index (χ1) is 15.7. The number of benzene rings is 2. The summed E-state index contributed by atoms with van der Waals surface area (Å²) in [6.45, 7) is 1.91. The number of aryl methyl sites for hydroxylation is 1. The quantitative estimate of drug-likeness (QED) is 0.358. The number of methoxy groups -OCH3 is 1. The number of carbonyl (C=O) groups is 1. The number of aromatic amines is 1. The first-order valence-corrected chi connectivity index (χ1v) is 12.5. The Labute approximate surface area is 201 Å². The van der Waals surface area contributed by atoms with Crippen molar-refractivity contribution in [2.45, 2.75) is 43.0 Å². The van der Waals surface area contributed by atoms with Crippen LogP contribution in [-0.2, 0) is 27.6 Å². The van der Waals surface area contributed by atoms with Crippen molar-refractivity contribution in [3.05, 3.63) is 74.4 Å². The second-order valence-corrected chi connectivity index (χ2v) is 10.3. The summed E-state index contributed by atoms with van der Waals surface area (Å²) in [4.78, 5) is 11.9. The van der Waals surface area contributed by atoms with E-state index in [1.807, 2.05) is 19.1 Å². The maximum atomic E-state index is 13.4. The van der Waals surface area contributed by atoms with Gasteiger partial charge in [0.05, 0.1) is 22.6 Å². The monoisotopic (exact) mass is 507 g/mol. The molecule has 0 saturated heterocycles. The molecule has 1 aliphatic carbocycles. The van der Waals surface area contributed by atoms with E-state index in [1.165, 1.54) is 36.4 Å². The molecule has 0 amide bonds. The summed E-state index contributed by atoms with van der Waals surface area (Å²) in [6.07, 6.45) is 2.98. The number of fused-ring (bicyclic) bond motifs is 1. The fourth-order valence-corrected chi connectivity index (χ4v) is 5.79. The Morgan fingerprint density at radius 1 is 1.30 bits per heavy atom. The molecule has 0 bridgehead atoms. The van der Waals surface area contributed by atoms with Gasteiger partial charge in [0, 0.05) is 5.92 Å². The van der Waals surface area contributed by atoms with Crippen LogP contribution >= 0.6 is 23.8 Å². The van der Waals surface area contributed by atoms with Crippen LogP contribution in [-0.4, -0.2) is 31.7 Å². The Morgan fingerprint density at radius 2 is 2.09 bits per heavy atom. The van der Waals surface area contributed by atoms with Crippen molar-refractivity contribution < 1.29 is 22.4 Å². The highest BCUT2D eigenvalue weighted by molar-refractivity contribution is 7.89. The topological polar surface area (TPSA) is 114 Å². The second-order valence-electron chi connectivity index (χ2n) is 7.81. The normalized spacial score (nSPS) is 15.1. The Kier molecular flexibility index (Phi) is 6.71. The van der Waals surface area contributed by atoms with Crippen LogP contribution in [0, 0.1) is 4.84 Å². The third kappa shape index (κ3) is 4.74. The van der Waals surface area contributed by atoms with Crippen LogP contribution in [0.15, 0.2) is 45.7 Å². The Balaban J connectivity index is 1.75. The maximum Gasteiger partial charge on any atom is 0.339 e. The van der Waals surface area contributed by atoms with Gasteiger partial charge >= 0.3 is 5.97 Å². The lowest BCUT2D eigenvalue weighted by molar-refractivity contribution is 0.0600. The van der Waals surface area contributed by atoms with Gasteiger partial charge in [-0.3, -0.25) is 0 Å². The third-order valence-electron chi connectivity index (χ3n) is 5.83. The van der Waals surface area contributed by atoms with Crippen LogP contribution in [0.2, 0.25) is 5.02 Å². The lowest BCUT2D eigenvalue weighted by Gasteiger charge is -2.24. The highest BCUT2D eigenvalue weighted by Gasteiger charge is 2.33. The Hall–Kier alpha value is -2.53. The van der Waals surface area contributed by atoms with Gasteiger partial charge in [-0.2, -0.15) is 4.72 Å². The van der Waals surface area contributed by atoms with Crippen LogP contribution in [0.1, 0.15) is 58.2 Å². The SMILES string of the molecule is COC(=O)c1cc(S(=O)(=O)NC(c2n[nH]c(=S)o2)C(C)c2cccc3c2CCC3)ccc1Cl. The molecule has 11 heteroatoms. The number of rotatable bonds is 7. The molecular weight excluding hydrogens is 486 g/mol. The molecule has 1 heterocycles. The van der Waals surface area contributed by atoms with Gasteiger partial charge in [0.1, 0.15) is 6.04 Å². The summed E-state index contributed by atoms with van der Waals surface area (Å²) in [5.41, 5.74) is 3.46. The molecule has 174 valence electrons. The van der Waals surface area contributed by atoms with Gasteiger partial charge in [0.2, 0.25) is 15.9 Å². The number of carbonyl (C=O) groups excluding carboxylic acids is 1. The predicted molar refractivity (Wildman–Crippen MR) is 124 cm³/mol. The van der Waals surface area contributed by atoms with E-state index < -0.39 is 22.0 Å². The standard InChI is InChI=1S/C22H22ClN3O5S2/c1-12(15-7-3-5-13-6-4-8-16(13)15)19(20-24-25-22(32)31-20)26-33(28,29)14-9-10-18(23)17(11-14)21(27)30-2/h3,5,7,9-12,19,26H,4,6,8H2,1-2H3,(H,25,32). The van der Waals surface area contributed by atoms with E-state index in [9.17, 15) is 13.2 Å². The van der Waals surface area contributed by atoms with Crippen molar-refractivity contribution in [3.8, 4) is 0 Å². The van der Waals surface area contributed by atoms with Crippen molar-refractivity contribution in [1.29, 1.82) is 0 Å². The first kappa shape index (κ1) is 23.6. The van der Waals surface area contributed by atoms with Gasteiger partial charge in [-0.05, 0) is 66.4 Å². The summed E-state index contributed by atoms with van der Waals surface area (Å²) in [5.74, 6) is -0.935. The minimum absolute atomic E-state index is 0.0409. The second kappa shape index (κ2) is 9.38. The average molecular weight is 508 g/mol. The van der Waals surface area contributed by atoms with Crippen LogP contribution in [0.3, 0.4) is 0 Å². The molecule has 0 fully saturated rings. The molecule has 0 aliphatic heterocycles. The molecule has 2 aromatic carbocycles. The molecule has 2 N–H and O–H groups in total. The van der Waals surface area contributed by atoms with Gasteiger partial charge in [-0.1, -0.05) is 36.7 Å². The molecule has 3 aromatic rings. The van der Waals surface area contributed by atoms with Crippen LogP contribution < -0.4 is 4.72 Å². The van der Waals surface area contributed by atoms with E-state index in [4.69, 9.17) is 33.0 Å². The van der Waals surface area contributed by atoms with Gasteiger partial charge in [-0.25, -0.2) is 18.3 Å². The number of esters is 1. The summed E-state index contributed by atoms with van der Waals surface area (Å²) in [6, 6.07) is 9.05. The number of sulfonamides is 1. The van der Waals surface area contributed by atoms with Gasteiger partial charge in [-0.15, -0.1) is 5.10 Å². The Morgan fingerprint density at radius 3 is 2.79 bits per heavy atom. The highest BCUT2D eigenvalue weighted by Crippen LogP contribution is 2.37. The molecule has 0 spiro atoms. The molecule has 0 radical (unpaired) electrons. The van der Waals surface area contributed by atoms with Crippen LogP contribution in [0.4, 0.5) is 0 Å². The number of hydrogen-bond acceptors (Lipinski definition) is 7. The van der Waals surface area contributed by atoms with E-state index in [1.54, 1.807) is 0 Å². The summed E-state index contributed by atoms with van der Waals surface area (Å²) in [5, 5.41) is 6.73. The van der Waals surface area contributed by atoms with Crippen molar-refractivity contribution in [1.82, 2.24) is 14.9 Å². The van der Waals surface area contributed by atoms with E-state index in [-0.39, 0.29) is 32.1 Å². The summed E-state index contributed by atoms with van der Waals surface area (Å²) < 4.78 is 39.6. The van der Waals surface area contributed by atoms with E-state index in [2.05, 4.69) is 21.0 Å². The van der Waals surface area contributed by atoms with E-state index in [0.717, 1.165) is 24.8 Å². The zero-order valence-electron chi connectivity index (χ0n) is 17.9. The van der Waals surface area contributed by atoms with Gasteiger partial charge in [0.25, 0.3) is 4.84 Å². The number of H-pyrrole nitrogens is 1. The largest absolute Gasteiger partial charge is 0.465 e. The average Bonchev–Trinajstić information content (AvgIpc) is 3.45. The summed E-state index contributed by atoms with van der Waals surface area (Å²) >= 11 is 11.1. The van der Waals surface area contributed by atoms with E-state index in [0.29, 0.717) is 0 Å². The Bertz CT molecular complexity index is 1370. The third-order valence-corrected chi connectivity index (χ3v) is 7.77. The van der Waals surface area contributed by atoms with Crippen molar-refractivity contribution in [3.63, 3.8) is 0 Å². The molecule has 2 atom stereocenters. The molecule has 8 nitrogen and oxygen atoms in total. The fraction of sp³-hybridized carbons (Fsp3) is 0.318. The van der Waals surface area contributed by atoms with Gasteiger partial charge < -0.3 is 9.15 Å². The minimum Gasteiger partial charge on any atom is -0.465 e. The molecule has 0 saturated carbocycles. The number of aromatic nitrogens is 2. The number of hydrogen-bond donors (Lipinski definition) is 2. The van der Waals surface area contributed by atoms with Crippen LogP contribution in [0.25, 0.3) is 0 Å². The number of ether oxygens (including phenoxy) is 1. The molecule has 33 heavy (non-hydrogen) atoms.